The highest BCUT2D eigenvalue weighted by atomic mass is 16.5. The van der Waals surface area contributed by atoms with Crippen LogP contribution in [0.15, 0.2) is 12.1 Å². The van der Waals surface area contributed by atoms with Crippen LogP contribution >= 0.6 is 0 Å². The first kappa shape index (κ1) is 14.5. The Hall–Kier alpha value is -1.53. The molecule has 0 heterocycles. The lowest BCUT2D eigenvalue weighted by atomic mass is 9.80. The number of nitriles is 1. The van der Waals surface area contributed by atoms with Gasteiger partial charge in [0.05, 0.1) is 19.7 Å². The van der Waals surface area contributed by atoms with Crippen molar-refractivity contribution in [2.24, 2.45) is 0 Å². The standard InChI is InChI=1S/C15H22N2O/c1-11-12(2)14(18-5)7-6-13(11)15(3,4)10-17-9-8-16/h6-7,17H,9-10H2,1-5H3. The molecule has 0 aromatic heterocycles. The Labute approximate surface area is 110 Å². The maximum absolute atomic E-state index is 8.57. The molecule has 98 valence electrons. The molecule has 0 bridgehead atoms. The van der Waals surface area contributed by atoms with Crippen molar-refractivity contribution in [2.75, 3.05) is 20.2 Å². The maximum Gasteiger partial charge on any atom is 0.122 e. The zero-order valence-corrected chi connectivity index (χ0v) is 11.9. The zero-order valence-electron chi connectivity index (χ0n) is 11.9. The Bertz CT molecular complexity index is 458. The Morgan fingerprint density at radius 2 is 1.94 bits per heavy atom. The molecule has 3 heteroatoms. The van der Waals surface area contributed by atoms with Crippen LogP contribution in [0, 0.1) is 25.2 Å². The van der Waals surface area contributed by atoms with E-state index in [1.54, 1.807) is 7.11 Å². The second kappa shape index (κ2) is 5.88. The van der Waals surface area contributed by atoms with E-state index in [2.05, 4.69) is 45.1 Å². The van der Waals surface area contributed by atoms with Crippen molar-refractivity contribution in [3.8, 4) is 11.8 Å². The molecule has 1 aromatic rings. The molecule has 0 aliphatic heterocycles. The lowest BCUT2D eigenvalue weighted by Crippen LogP contribution is -2.33. The van der Waals surface area contributed by atoms with Crippen molar-refractivity contribution in [3.05, 3.63) is 28.8 Å². The highest BCUT2D eigenvalue weighted by Crippen LogP contribution is 2.31. The lowest BCUT2D eigenvalue weighted by Gasteiger charge is -2.28. The highest BCUT2D eigenvalue weighted by molar-refractivity contribution is 5.46. The van der Waals surface area contributed by atoms with E-state index in [0.29, 0.717) is 6.54 Å². The van der Waals surface area contributed by atoms with Crippen LogP contribution in [-0.4, -0.2) is 20.2 Å². The molecule has 0 saturated heterocycles. The number of hydrogen-bond donors (Lipinski definition) is 1. The fraction of sp³-hybridized carbons (Fsp3) is 0.533. The summed E-state index contributed by atoms with van der Waals surface area (Å²) in [5.41, 5.74) is 3.74. The van der Waals surface area contributed by atoms with Crippen LogP contribution < -0.4 is 10.1 Å². The molecule has 0 unspecified atom stereocenters. The third kappa shape index (κ3) is 3.02. The molecule has 1 rings (SSSR count). The van der Waals surface area contributed by atoms with E-state index in [1.807, 2.05) is 6.07 Å². The summed E-state index contributed by atoms with van der Waals surface area (Å²) in [5, 5.41) is 11.7. The number of methoxy groups -OCH3 is 1. The third-order valence-electron chi connectivity index (χ3n) is 3.46. The third-order valence-corrected chi connectivity index (χ3v) is 3.46. The number of benzene rings is 1. The number of rotatable bonds is 5. The minimum absolute atomic E-state index is 0.00202. The molecule has 0 spiro atoms. The Kier molecular flexibility index (Phi) is 4.75. The van der Waals surface area contributed by atoms with Gasteiger partial charge in [0, 0.05) is 12.0 Å². The SMILES string of the molecule is COc1ccc(C(C)(C)CNCC#N)c(C)c1C. The van der Waals surface area contributed by atoms with Crippen molar-refractivity contribution in [2.45, 2.75) is 33.1 Å². The first-order valence-electron chi connectivity index (χ1n) is 6.16. The molecule has 3 nitrogen and oxygen atoms in total. The Morgan fingerprint density at radius 1 is 1.28 bits per heavy atom. The largest absolute Gasteiger partial charge is 0.496 e. The second-order valence-corrected chi connectivity index (χ2v) is 5.21. The minimum atomic E-state index is -0.00202. The molecule has 0 atom stereocenters. The van der Waals surface area contributed by atoms with Crippen molar-refractivity contribution < 1.29 is 4.74 Å². The average molecular weight is 246 g/mol. The van der Waals surface area contributed by atoms with Gasteiger partial charge in [-0.2, -0.15) is 5.26 Å². The number of nitrogens with one attached hydrogen (secondary N) is 1. The summed E-state index contributed by atoms with van der Waals surface area (Å²) >= 11 is 0. The normalized spacial score (nSPS) is 11.1. The molecule has 0 saturated carbocycles. The topological polar surface area (TPSA) is 45.0 Å². The van der Waals surface area contributed by atoms with Gasteiger partial charge in [-0.15, -0.1) is 0 Å². The Morgan fingerprint density at radius 3 is 2.50 bits per heavy atom. The molecule has 0 aliphatic rings. The van der Waals surface area contributed by atoms with Crippen LogP contribution in [0.2, 0.25) is 0 Å². The summed E-state index contributed by atoms with van der Waals surface area (Å²) in [7, 11) is 1.70. The van der Waals surface area contributed by atoms with Gasteiger partial charge in [0.1, 0.15) is 5.75 Å². The van der Waals surface area contributed by atoms with Crippen LogP contribution in [0.5, 0.6) is 5.75 Å². The van der Waals surface area contributed by atoms with E-state index in [-0.39, 0.29) is 5.41 Å². The minimum Gasteiger partial charge on any atom is -0.496 e. The molecule has 1 aromatic carbocycles. The van der Waals surface area contributed by atoms with Crippen molar-refractivity contribution >= 4 is 0 Å². The van der Waals surface area contributed by atoms with Crippen LogP contribution in [-0.2, 0) is 5.41 Å². The Balaban J connectivity index is 3.02. The predicted octanol–water partition coefficient (Wildman–Crippen LogP) is 2.70. The summed E-state index contributed by atoms with van der Waals surface area (Å²) in [4.78, 5) is 0. The van der Waals surface area contributed by atoms with Gasteiger partial charge >= 0.3 is 0 Å². The quantitative estimate of drug-likeness (QED) is 0.642. The van der Waals surface area contributed by atoms with Gasteiger partial charge < -0.3 is 10.1 Å². The van der Waals surface area contributed by atoms with Gasteiger partial charge in [-0.05, 0) is 36.6 Å². The molecule has 0 radical (unpaired) electrons. The number of nitrogens with zero attached hydrogens (tertiary/aromatic N) is 1. The van der Waals surface area contributed by atoms with E-state index in [4.69, 9.17) is 10.00 Å². The summed E-state index contributed by atoms with van der Waals surface area (Å²) in [6, 6.07) is 6.24. The first-order valence-corrected chi connectivity index (χ1v) is 6.16. The van der Waals surface area contributed by atoms with E-state index < -0.39 is 0 Å². The van der Waals surface area contributed by atoms with Gasteiger partial charge in [0.15, 0.2) is 0 Å². The van der Waals surface area contributed by atoms with Gasteiger partial charge in [-0.25, -0.2) is 0 Å². The van der Waals surface area contributed by atoms with E-state index in [0.717, 1.165) is 12.3 Å². The van der Waals surface area contributed by atoms with Gasteiger partial charge in [0.2, 0.25) is 0 Å². The van der Waals surface area contributed by atoms with Crippen LogP contribution in [0.25, 0.3) is 0 Å². The van der Waals surface area contributed by atoms with E-state index in [1.165, 1.54) is 16.7 Å². The van der Waals surface area contributed by atoms with E-state index in [9.17, 15) is 0 Å². The van der Waals surface area contributed by atoms with E-state index >= 15 is 0 Å². The van der Waals surface area contributed by atoms with Crippen molar-refractivity contribution in [1.29, 1.82) is 5.26 Å². The molecule has 18 heavy (non-hydrogen) atoms. The fourth-order valence-electron chi connectivity index (χ4n) is 2.28. The highest BCUT2D eigenvalue weighted by Gasteiger charge is 2.23. The first-order chi connectivity index (χ1) is 8.44. The summed E-state index contributed by atoms with van der Waals surface area (Å²) in [6.07, 6.45) is 0. The van der Waals surface area contributed by atoms with Gasteiger partial charge in [0.25, 0.3) is 0 Å². The molecule has 0 fully saturated rings. The maximum atomic E-state index is 8.57. The van der Waals surface area contributed by atoms with Crippen molar-refractivity contribution in [3.63, 3.8) is 0 Å². The zero-order chi connectivity index (χ0) is 13.8. The number of ether oxygens (including phenoxy) is 1. The smallest absolute Gasteiger partial charge is 0.122 e. The van der Waals surface area contributed by atoms with Crippen molar-refractivity contribution in [1.82, 2.24) is 5.32 Å². The summed E-state index contributed by atoms with van der Waals surface area (Å²) in [6.45, 7) is 9.75. The molecular formula is C15H22N2O. The monoisotopic (exact) mass is 246 g/mol. The fourth-order valence-corrected chi connectivity index (χ4v) is 2.28. The van der Waals surface area contributed by atoms with Gasteiger partial charge in [-0.3, -0.25) is 0 Å². The second-order valence-electron chi connectivity index (χ2n) is 5.21. The molecular weight excluding hydrogens is 224 g/mol. The molecule has 1 N–H and O–H groups in total. The predicted molar refractivity (Wildman–Crippen MR) is 74.0 cm³/mol. The van der Waals surface area contributed by atoms with Crippen LogP contribution in [0.1, 0.15) is 30.5 Å². The van der Waals surface area contributed by atoms with Crippen LogP contribution in [0.4, 0.5) is 0 Å². The summed E-state index contributed by atoms with van der Waals surface area (Å²) in [5.74, 6) is 0.928. The van der Waals surface area contributed by atoms with Crippen LogP contribution in [0.3, 0.4) is 0 Å². The lowest BCUT2D eigenvalue weighted by molar-refractivity contribution is 0.409. The summed E-state index contributed by atoms with van der Waals surface area (Å²) < 4.78 is 5.33. The molecule has 0 amide bonds. The average Bonchev–Trinajstić information content (AvgIpc) is 2.32. The molecule has 0 aliphatic carbocycles. The van der Waals surface area contributed by atoms with Gasteiger partial charge in [-0.1, -0.05) is 19.9 Å². The number of hydrogen-bond acceptors (Lipinski definition) is 3.